The Hall–Kier alpha value is -2.29. The summed E-state index contributed by atoms with van der Waals surface area (Å²) in [6, 6.07) is 11.5. The molecule has 0 heterocycles. The Morgan fingerprint density at radius 1 is 1.06 bits per heavy atom. The Labute approximate surface area is 224 Å². The average Bonchev–Trinajstić information content (AvgIpc) is 2.78. The van der Waals surface area contributed by atoms with Gasteiger partial charge in [0.15, 0.2) is 0 Å². The molecule has 0 saturated carbocycles. The maximum Gasteiger partial charge on any atom is 0.242 e. The third-order valence-corrected chi connectivity index (χ3v) is 7.43. The van der Waals surface area contributed by atoms with Crippen LogP contribution < -0.4 is 9.62 Å². The zero-order valence-corrected chi connectivity index (χ0v) is 23.8. The van der Waals surface area contributed by atoms with E-state index in [-0.39, 0.29) is 43.7 Å². The van der Waals surface area contributed by atoms with E-state index in [1.807, 2.05) is 26.8 Å². The van der Waals surface area contributed by atoms with Gasteiger partial charge in [0.05, 0.1) is 11.9 Å². The number of halogens is 2. The molecule has 0 aliphatic carbocycles. The van der Waals surface area contributed by atoms with Crippen LogP contribution in [-0.4, -0.2) is 50.5 Å². The van der Waals surface area contributed by atoms with Crippen molar-refractivity contribution in [2.45, 2.75) is 53.1 Å². The van der Waals surface area contributed by atoms with Crippen molar-refractivity contribution in [2.24, 2.45) is 5.92 Å². The van der Waals surface area contributed by atoms with Gasteiger partial charge in [-0.2, -0.15) is 0 Å². The Morgan fingerprint density at radius 3 is 2.33 bits per heavy atom. The Balaban J connectivity index is 2.20. The number of anilines is 1. The van der Waals surface area contributed by atoms with Crippen molar-refractivity contribution in [2.75, 3.05) is 23.7 Å². The van der Waals surface area contributed by atoms with Crippen LogP contribution in [0.5, 0.6) is 0 Å². The van der Waals surface area contributed by atoms with Crippen LogP contribution in [0.4, 0.5) is 5.69 Å². The monoisotopic (exact) mass is 555 g/mol. The number of nitrogens with zero attached hydrogens (tertiary/aromatic N) is 2. The van der Waals surface area contributed by atoms with Gasteiger partial charge in [-0.1, -0.05) is 55.2 Å². The highest BCUT2D eigenvalue weighted by Gasteiger charge is 2.27. The first kappa shape index (κ1) is 29.9. The first-order chi connectivity index (χ1) is 16.8. The summed E-state index contributed by atoms with van der Waals surface area (Å²) < 4.78 is 26.2. The summed E-state index contributed by atoms with van der Waals surface area (Å²) in [5, 5.41) is 3.75. The number of amides is 2. The highest BCUT2D eigenvalue weighted by atomic mass is 35.5. The molecule has 2 aromatic rings. The Kier molecular flexibility index (Phi) is 11.1. The van der Waals surface area contributed by atoms with Crippen molar-refractivity contribution in [1.82, 2.24) is 10.2 Å². The number of nitrogens with one attached hydrogen (secondary N) is 1. The van der Waals surface area contributed by atoms with Gasteiger partial charge in [-0.15, -0.1) is 0 Å². The fourth-order valence-electron chi connectivity index (χ4n) is 3.66. The molecule has 0 unspecified atom stereocenters. The Bertz CT molecular complexity index is 1170. The minimum atomic E-state index is -3.54. The van der Waals surface area contributed by atoms with Crippen LogP contribution in [0, 0.1) is 12.8 Å². The summed E-state index contributed by atoms with van der Waals surface area (Å²) >= 11 is 12.4. The highest BCUT2D eigenvalue weighted by Crippen LogP contribution is 2.24. The number of hydrogen-bond donors (Lipinski definition) is 1. The number of aryl methyl sites for hydroxylation is 1. The van der Waals surface area contributed by atoms with Gasteiger partial charge in [0, 0.05) is 36.1 Å². The van der Waals surface area contributed by atoms with Gasteiger partial charge in [0.2, 0.25) is 21.8 Å². The molecule has 1 atom stereocenters. The lowest BCUT2D eigenvalue weighted by molar-refractivity contribution is -0.140. The molecule has 198 valence electrons. The van der Waals surface area contributed by atoms with Crippen LogP contribution in [0.3, 0.4) is 0 Å². The fraction of sp³-hybridized carbons (Fsp3) is 0.462. The maximum atomic E-state index is 13.3. The van der Waals surface area contributed by atoms with Crippen molar-refractivity contribution in [3.63, 3.8) is 0 Å². The minimum Gasteiger partial charge on any atom is -0.354 e. The maximum absolute atomic E-state index is 13.3. The zero-order chi connectivity index (χ0) is 27.0. The van der Waals surface area contributed by atoms with Crippen LogP contribution in [0.2, 0.25) is 10.0 Å². The number of sulfonamides is 1. The van der Waals surface area contributed by atoms with Gasteiger partial charge in [0.1, 0.15) is 6.04 Å². The molecule has 2 amide bonds. The topological polar surface area (TPSA) is 86.8 Å². The van der Waals surface area contributed by atoms with Crippen molar-refractivity contribution in [3.8, 4) is 0 Å². The molecule has 7 nitrogen and oxygen atoms in total. The second kappa shape index (κ2) is 13.3. The molecular formula is C26H35Cl2N3O4S. The van der Waals surface area contributed by atoms with Crippen molar-refractivity contribution >= 4 is 50.7 Å². The number of carbonyl (C=O) groups is 2. The van der Waals surface area contributed by atoms with Gasteiger partial charge in [-0.05, 0) is 61.6 Å². The molecule has 0 aliphatic rings. The van der Waals surface area contributed by atoms with E-state index in [4.69, 9.17) is 23.2 Å². The summed E-state index contributed by atoms with van der Waals surface area (Å²) in [5.74, 6) is -0.273. The molecule has 0 bridgehead atoms. The van der Waals surface area contributed by atoms with Crippen molar-refractivity contribution < 1.29 is 18.0 Å². The van der Waals surface area contributed by atoms with Gasteiger partial charge in [-0.3, -0.25) is 13.9 Å². The van der Waals surface area contributed by atoms with Gasteiger partial charge in [0.25, 0.3) is 0 Å². The predicted octanol–water partition coefficient (Wildman–Crippen LogP) is 5.04. The van der Waals surface area contributed by atoms with Crippen LogP contribution >= 0.6 is 23.2 Å². The summed E-state index contributed by atoms with van der Waals surface area (Å²) in [7, 11) is -3.54. The molecule has 1 N–H and O–H groups in total. The van der Waals surface area contributed by atoms with Gasteiger partial charge >= 0.3 is 0 Å². The molecule has 0 spiro atoms. The van der Waals surface area contributed by atoms with E-state index in [1.54, 1.807) is 43.3 Å². The minimum absolute atomic E-state index is 0.0604. The van der Waals surface area contributed by atoms with E-state index < -0.39 is 16.1 Å². The smallest absolute Gasteiger partial charge is 0.242 e. The summed E-state index contributed by atoms with van der Waals surface area (Å²) in [4.78, 5) is 27.6. The largest absolute Gasteiger partial charge is 0.354 e. The summed E-state index contributed by atoms with van der Waals surface area (Å²) in [5.41, 5.74) is 2.15. The molecule has 36 heavy (non-hydrogen) atoms. The third kappa shape index (κ3) is 8.98. The molecular weight excluding hydrogens is 521 g/mol. The SMILES string of the molecule is Cc1cccc(N(CCCC(=O)N(Cc2ccc(Cl)cc2Cl)[C@H](C)C(=O)NCC(C)C)S(C)(=O)=O)c1. The van der Waals surface area contributed by atoms with Gasteiger partial charge in [-0.25, -0.2) is 8.42 Å². The lowest BCUT2D eigenvalue weighted by Crippen LogP contribution is -2.48. The third-order valence-electron chi connectivity index (χ3n) is 5.65. The fourth-order valence-corrected chi connectivity index (χ4v) is 5.08. The number of rotatable bonds is 12. The van der Waals surface area contributed by atoms with E-state index in [9.17, 15) is 18.0 Å². The molecule has 0 fully saturated rings. The van der Waals surface area contributed by atoms with Crippen LogP contribution in [0.15, 0.2) is 42.5 Å². The highest BCUT2D eigenvalue weighted by molar-refractivity contribution is 7.92. The van der Waals surface area contributed by atoms with Gasteiger partial charge < -0.3 is 10.2 Å². The predicted molar refractivity (Wildman–Crippen MR) is 147 cm³/mol. The second-order valence-electron chi connectivity index (χ2n) is 9.35. The molecule has 0 saturated heterocycles. The lowest BCUT2D eigenvalue weighted by atomic mass is 10.1. The Morgan fingerprint density at radius 2 is 1.75 bits per heavy atom. The summed E-state index contributed by atoms with van der Waals surface area (Å²) in [6.45, 7) is 8.29. The molecule has 0 aromatic heterocycles. The second-order valence-corrected chi connectivity index (χ2v) is 12.1. The molecule has 0 aliphatic heterocycles. The number of hydrogen-bond acceptors (Lipinski definition) is 4. The van der Waals surface area contributed by atoms with E-state index >= 15 is 0 Å². The first-order valence-electron chi connectivity index (χ1n) is 11.8. The summed E-state index contributed by atoms with van der Waals surface area (Å²) in [6.07, 6.45) is 1.49. The van der Waals surface area contributed by atoms with Crippen molar-refractivity contribution in [3.05, 3.63) is 63.6 Å². The van der Waals surface area contributed by atoms with Crippen LogP contribution in [0.25, 0.3) is 0 Å². The van der Waals surface area contributed by atoms with E-state index in [0.29, 0.717) is 27.8 Å². The molecule has 2 rings (SSSR count). The normalized spacial score (nSPS) is 12.3. The molecule has 2 aromatic carbocycles. The standard InChI is InChI=1S/C26H35Cl2N3O4S/c1-18(2)16-29-26(33)20(4)30(17-21-11-12-22(27)15-24(21)28)25(32)10-7-13-31(36(5,34)35)23-9-6-8-19(3)14-23/h6,8-9,11-12,14-15,18,20H,7,10,13,16-17H2,1-5H3,(H,29,33)/t20-/m1/s1. The van der Waals surface area contributed by atoms with E-state index in [1.165, 1.54) is 9.21 Å². The lowest BCUT2D eigenvalue weighted by Gasteiger charge is -2.30. The van der Waals surface area contributed by atoms with E-state index in [2.05, 4.69) is 5.32 Å². The van der Waals surface area contributed by atoms with Crippen LogP contribution in [0.1, 0.15) is 44.7 Å². The zero-order valence-electron chi connectivity index (χ0n) is 21.4. The number of benzene rings is 2. The average molecular weight is 557 g/mol. The quantitative estimate of drug-likeness (QED) is 0.397. The van der Waals surface area contributed by atoms with Crippen molar-refractivity contribution in [1.29, 1.82) is 0 Å². The van der Waals surface area contributed by atoms with Crippen LogP contribution in [-0.2, 0) is 26.2 Å². The van der Waals surface area contributed by atoms with E-state index in [0.717, 1.165) is 11.8 Å². The first-order valence-corrected chi connectivity index (χ1v) is 14.5. The molecule has 10 heteroatoms. The molecule has 0 radical (unpaired) electrons. The number of carbonyl (C=O) groups excluding carboxylic acids is 2.